The van der Waals surface area contributed by atoms with Gasteiger partial charge in [-0.1, -0.05) is 77.2 Å². The lowest BCUT2D eigenvalue weighted by molar-refractivity contribution is -0.136. The van der Waals surface area contributed by atoms with Crippen LogP contribution < -0.4 is 0 Å². The van der Waals surface area contributed by atoms with Crippen molar-refractivity contribution in [2.24, 2.45) is 0 Å². The van der Waals surface area contributed by atoms with E-state index in [1.807, 2.05) is 40.8 Å². The molecular weight excluding hydrogens is 351 g/mol. The third-order valence-electron chi connectivity index (χ3n) is 3.02. The van der Waals surface area contributed by atoms with E-state index < -0.39 is 5.97 Å². The molecule has 0 spiro atoms. The van der Waals surface area contributed by atoms with Crippen LogP contribution in [0.15, 0.2) is 54.6 Å². The highest BCUT2D eigenvalue weighted by molar-refractivity contribution is 14.1. The zero-order valence-electron chi connectivity index (χ0n) is 10.4. The number of carboxylic acid groups (broad SMARTS) is 1. The van der Waals surface area contributed by atoms with Crippen LogP contribution in [0, 0.1) is 0 Å². The summed E-state index contributed by atoms with van der Waals surface area (Å²) in [6.45, 7) is 0. The molecule has 0 aromatic heterocycles. The Morgan fingerprint density at radius 2 is 1.58 bits per heavy atom. The Hall–Kier alpha value is -1.36. The molecule has 98 valence electrons. The number of aryl methyl sites for hydroxylation is 1. The molecule has 19 heavy (non-hydrogen) atoms. The molecule has 1 N–H and O–H groups in total. The number of carboxylic acids is 1. The van der Waals surface area contributed by atoms with E-state index in [2.05, 4.69) is 36.4 Å². The smallest absolute Gasteiger partial charge is 0.316 e. The Bertz CT molecular complexity index is 534. The number of halogens is 1. The SMILES string of the molecule is O=C(O)C(I)CCc1ccc(-c2ccccc2)cc1. The van der Waals surface area contributed by atoms with Crippen LogP contribution in [-0.2, 0) is 11.2 Å². The molecule has 0 fully saturated rings. The van der Waals surface area contributed by atoms with E-state index >= 15 is 0 Å². The second-order valence-corrected chi connectivity index (χ2v) is 5.91. The average Bonchev–Trinajstić information content (AvgIpc) is 2.46. The molecule has 3 heteroatoms. The van der Waals surface area contributed by atoms with Crippen LogP contribution in [0.25, 0.3) is 11.1 Å². The van der Waals surface area contributed by atoms with Gasteiger partial charge in [-0.15, -0.1) is 0 Å². The second-order valence-electron chi connectivity index (χ2n) is 4.41. The Kier molecular flexibility index (Phi) is 4.96. The van der Waals surface area contributed by atoms with Crippen LogP contribution in [0.4, 0.5) is 0 Å². The summed E-state index contributed by atoms with van der Waals surface area (Å²) < 4.78 is -0.314. The number of hydrogen-bond acceptors (Lipinski definition) is 1. The quantitative estimate of drug-likeness (QED) is 0.637. The van der Waals surface area contributed by atoms with Gasteiger partial charge < -0.3 is 5.11 Å². The predicted octanol–water partition coefficient (Wildman–Crippen LogP) is 4.17. The minimum atomic E-state index is -0.735. The normalized spacial score (nSPS) is 12.1. The van der Waals surface area contributed by atoms with E-state index in [0.29, 0.717) is 6.42 Å². The molecule has 0 saturated heterocycles. The topological polar surface area (TPSA) is 37.3 Å². The van der Waals surface area contributed by atoms with Crippen molar-refractivity contribution in [1.82, 2.24) is 0 Å². The highest BCUT2D eigenvalue weighted by Gasteiger charge is 2.12. The second kappa shape index (κ2) is 6.70. The molecule has 0 aliphatic heterocycles. The van der Waals surface area contributed by atoms with Crippen molar-refractivity contribution in [3.8, 4) is 11.1 Å². The summed E-state index contributed by atoms with van der Waals surface area (Å²) in [5.74, 6) is -0.735. The summed E-state index contributed by atoms with van der Waals surface area (Å²) in [7, 11) is 0. The van der Waals surface area contributed by atoms with Gasteiger partial charge in [0.15, 0.2) is 0 Å². The van der Waals surface area contributed by atoms with Crippen molar-refractivity contribution in [2.75, 3.05) is 0 Å². The van der Waals surface area contributed by atoms with Crippen molar-refractivity contribution in [1.29, 1.82) is 0 Å². The summed E-state index contributed by atoms with van der Waals surface area (Å²) in [5, 5.41) is 8.85. The molecule has 0 amide bonds. The lowest BCUT2D eigenvalue weighted by atomic mass is 10.0. The first-order valence-electron chi connectivity index (χ1n) is 6.18. The summed E-state index contributed by atoms with van der Waals surface area (Å²) in [4.78, 5) is 10.8. The molecule has 0 heterocycles. The van der Waals surface area contributed by atoms with Crippen molar-refractivity contribution >= 4 is 28.6 Å². The minimum Gasteiger partial charge on any atom is -0.480 e. The number of alkyl halides is 1. The molecule has 2 nitrogen and oxygen atoms in total. The molecule has 2 rings (SSSR count). The molecule has 2 aromatic carbocycles. The molecule has 1 unspecified atom stereocenters. The van der Waals surface area contributed by atoms with Gasteiger partial charge in [-0.05, 0) is 29.5 Å². The summed E-state index contributed by atoms with van der Waals surface area (Å²) >= 11 is 1.97. The maximum absolute atomic E-state index is 10.8. The Morgan fingerprint density at radius 1 is 1.00 bits per heavy atom. The molecule has 0 aliphatic rings. The highest BCUT2D eigenvalue weighted by Crippen LogP contribution is 2.20. The largest absolute Gasteiger partial charge is 0.480 e. The van der Waals surface area contributed by atoms with E-state index in [1.54, 1.807) is 0 Å². The molecule has 2 aromatic rings. The summed E-state index contributed by atoms with van der Waals surface area (Å²) in [5.41, 5.74) is 3.57. The predicted molar refractivity (Wildman–Crippen MR) is 85.6 cm³/mol. The van der Waals surface area contributed by atoms with Gasteiger partial charge in [0, 0.05) is 0 Å². The molecular formula is C16H15IO2. The summed E-state index contributed by atoms with van der Waals surface area (Å²) in [6.07, 6.45) is 1.47. The van der Waals surface area contributed by atoms with Crippen LogP contribution in [0.3, 0.4) is 0 Å². The molecule has 0 saturated carbocycles. The van der Waals surface area contributed by atoms with E-state index in [-0.39, 0.29) is 3.92 Å². The third kappa shape index (κ3) is 4.06. The van der Waals surface area contributed by atoms with E-state index in [4.69, 9.17) is 5.11 Å². The van der Waals surface area contributed by atoms with Gasteiger partial charge in [-0.2, -0.15) is 0 Å². The highest BCUT2D eigenvalue weighted by atomic mass is 127. The number of aliphatic carboxylic acids is 1. The van der Waals surface area contributed by atoms with Gasteiger partial charge in [-0.3, -0.25) is 4.79 Å². The van der Waals surface area contributed by atoms with Crippen LogP contribution in [0.2, 0.25) is 0 Å². The molecule has 0 bridgehead atoms. The summed E-state index contributed by atoms with van der Waals surface area (Å²) in [6, 6.07) is 18.6. The first-order valence-corrected chi connectivity index (χ1v) is 7.42. The number of hydrogen-bond donors (Lipinski definition) is 1. The van der Waals surface area contributed by atoms with Crippen molar-refractivity contribution < 1.29 is 9.90 Å². The van der Waals surface area contributed by atoms with Gasteiger partial charge in [-0.25, -0.2) is 0 Å². The average molecular weight is 366 g/mol. The Morgan fingerprint density at radius 3 is 2.16 bits per heavy atom. The monoisotopic (exact) mass is 366 g/mol. The zero-order valence-corrected chi connectivity index (χ0v) is 12.6. The molecule has 0 radical (unpaired) electrons. The maximum atomic E-state index is 10.8. The van der Waals surface area contributed by atoms with E-state index in [0.717, 1.165) is 6.42 Å². The zero-order chi connectivity index (χ0) is 13.7. The van der Waals surface area contributed by atoms with Crippen molar-refractivity contribution in [3.63, 3.8) is 0 Å². The van der Waals surface area contributed by atoms with Crippen LogP contribution in [0.1, 0.15) is 12.0 Å². The first kappa shape index (κ1) is 14.1. The molecule has 0 aliphatic carbocycles. The third-order valence-corrected chi connectivity index (χ3v) is 4.17. The fourth-order valence-electron chi connectivity index (χ4n) is 1.91. The van der Waals surface area contributed by atoms with Gasteiger partial charge in [0.1, 0.15) is 3.92 Å². The van der Waals surface area contributed by atoms with E-state index in [1.165, 1.54) is 16.7 Å². The number of benzene rings is 2. The van der Waals surface area contributed by atoms with Gasteiger partial charge in [0.2, 0.25) is 0 Å². The fraction of sp³-hybridized carbons (Fsp3) is 0.188. The number of carbonyl (C=O) groups is 1. The Labute approximate surface area is 126 Å². The number of rotatable bonds is 5. The van der Waals surface area contributed by atoms with Crippen molar-refractivity contribution in [2.45, 2.75) is 16.8 Å². The van der Waals surface area contributed by atoms with Crippen LogP contribution in [-0.4, -0.2) is 15.0 Å². The van der Waals surface area contributed by atoms with Crippen LogP contribution in [0.5, 0.6) is 0 Å². The van der Waals surface area contributed by atoms with Crippen LogP contribution >= 0.6 is 22.6 Å². The lowest BCUT2D eigenvalue weighted by Crippen LogP contribution is -2.13. The fourth-order valence-corrected chi connectivity index (χ4v) is 2.22. The Balaban J connectivity index is 2.01. The minimum absolute atomic E-state index is 0.314. The molecule has 1 atom stereocenters. The standard InChI is InChI=1S/C16H15IO2/c17-15(16(18)19)11-8-12-6-9-14(10-7-12)13-4-2-1-3-5-13/h1-7,9-10,15H,8,11H2,(H,18,19). The van der Waals surface area contributed by atoms with Gasteiger partial charge in [0.05, 0.1) is 0 Å². The maximum Gasteiger partial charge on any atom is 0.316 e. The first-order chi connectivity index (χ1) is 9.16. The van der Waals surface area contributed by atoms with E-state index in [9.17, 15) is 4.79 Å². The van der Waals surface area contributed by atoms with Gasteiger partial charge in [0.25, 0.3) is 0 Å². The lowest BCUT2D eigenvalue weighted by Gasteiger charge is -2.06. The van der Waals surface area contributed by atoms with Gasteiger partial charge >= 0.3 is 5.97 Å². The van der Waals surface area contributed by atoms with Crippen molar-refractivity contribution in [3.05, 3.63) is 60.2 Å².